The van der Waals surface area contributed by atoms with Crippen LogP contribution in [-0.2, 0) is 0 Å². The predicted molar refractivity (Wildman–Crippen MR) is 135 cm³/mol. The van der Waals surface area contributed by atoms with Gasteiger partial charge in [-0.05, 0) is 56.5 Å². The third-order valence-electron chi connectivity index (χ3n) is 6.94. The number of guanidine groups is 1. The number of nitrogens with two attached hydrogens (primary N) is 1. The highest BCUT2D eigenvalue weighted by Gasteiger charge is 2.34. The third-order valence-corrected chi connectivity index (χ3v) is 6.94. The number of rotatable bonds is 6. The fraction of sp³-hybridized carbons (Fsp3) is 0.444. The number of benzene rings is 2. The molecule has 1 fully saturated rings. The molecule has 1 aliphatic carbocycles. The topological polar surface area (TPSA) is 89.5 Å². The Bertz CT molecular complexity index is 1100. The Balaban J connectivity index is 1.70. The number of aliphatic imine (C=N–C) groups is 2. The van der Waals surface area contributed by atoms with E-state index in [1.807, 2.05) is 36.9 Å². The minimum atomic E-state index is -0.347. The van der Waals surface area contributed by atoms with E-state index in [0.29, 0.717) is 30.3 Å². The summed E-state index contributed by atoms with van der Waals surface area (Å²) < 4.78 is 11.2. The van der Waals surface area contributed by atoms with Gasteiger partial charge in [0.15, 0.2) is 17.5 Å². The Morgan fingerprint density at radius 2 is 1.71 bits per heavy atom. The minimum absolute atomic E-state index is 0.244. The molecule has 7 nitrogen and oxygen atoms in total. The zero-order chi connectivity index (χ0) is 24.2. The molecule has 0 aromatic heterocycles. The highest BCUT2D eigenvalue weighted by Crippen LogP contribution is 2.44. The molecule has 1 saturated carbocycles. The van der Waals surface area contributed by atoms with Crippen molar-refractivity contribution < 1.29 is 14.3 Å². The second-order valence-corrected chi connectivity index (χ2v) is 8.76. The fourth-order valence-electron chi connectivity index (χ4n) is 5.06. The van der Waals surface area contributed by atoms with Crippen LogP contribution in [0.5, 0.6) is 11.5 Å². The van der Waals surface area contributed by atoms with Crippen LogP contribution in [0.3, 0.4) is 0 Å². The van der Waals surface area contributed by atoms with Crippen LogP contribution in [0, 0.1) is 0 Å². The Morgan fingerprint density at radius 3 is 2.35 bits per heavy atom. The lowest BCUT2D eigenvalue weighted by molar-refractivity contribution is 0.100. The number of nitrogens with zero attached hydrogens (tertiary/aromatic N) is 3. The molecule has 1 amide bonds. The maximum atomic E-state index is 12.7. The Hall–Kier alpha value is -3.35. The molecule has 2 atom stereocenters. The summed E-state index contributed by atoms with van der Waals surface area (Å²) in [5.74, 6) is 1.73. The first-order valence-electron chi connectivity index (χ1n) is 12.1. The highest BCUT2D eigenvalue weighted by atomic mass is 16.5. The quantitative estimate of drug-likeness (QED) is 0.508. The van der Waals surface area contributed by atoms with E-state index in [1.165, 1.54) is 18.4 Å². The van der Waals surface area contributed by atoms with Crippen LogP contribution in [0.4, 0.5) is 0 Å². The largest absolute Gasteiger partial charge is 0.493 e. The molecule has 180 valence electrons. The van der Waals surface area contributed by atoms with E-state index in [1.54, 1.807) is 26.4 Å². The molecule has 0 radical (unpaired) electrons. The van der Waals surface area contributed by atoms with E-state index in [4.69, 9.17) is 20.2 Å². The van der Waals surface area contributed by atoms with Crippen LogP contribution in [-0.4, -0.2) is 55.8 Å². The standard InChI is InChI=1S/C27H34N4O3/c1-5-31(6-2)27(28)30-26(32)18-13-11-17(12-14-18)25-21-16-24(34-4)23(33-3)15-20(21)19-9-7-8-10-22(19)29-25/h11-16,19,22H,5-10H2,1-4H3,(H2,28,30,32). The van der Waals surface area contributed by atoms with Crippen LogP contribution in [0.25, 0.3) is 0 Å². The molecule has 0 bridgehead atoms. The summed E-state index contributed by atoms with van der Waals surface area (Å²) in [7, 11) is 3.32. The molecular weight excluding hydrogens is 428 g/mol. The monoisotopic (exact) mass is 462 g/mol. The summed E-state index contributed by atoms with van der Waals surface area (Å²) in [6.45, 7) is 5.37. The molecule has 7 heteroatoms. The second-order valence-electron chi connectivity index (χ2n) is 8.76. The molecule has 1 aliphatic heterocycles. The van der Waals surface area contributed by atoms with Crippen molar-refractivity contribution in [3.05, 3.63) is 58.7 Å². The maximum Gasteiger partial charge on any atom is 0.280 e. The summed E-state index contributed by atoms with van der Waals surface area (Å²) in [5.41, 5.74) is 10.7. The fourth-order valence-corrected chi connectivity index (χ4v) is 5.06. The molecule has 2 aliphatic rings. The molecule has 4 rings (SSSR count). The van der Waals surface area contributed by atoms with Crippen molar-refractivity contribution in [3.63, 3.8) is 0 Å². The van der Waals surface area contributed by atoms with Gasteiger partial charge in [-0.1, -0.05) is 25.0 Å². The summed E-state index contributed by atoms with van der Waals surface area (Å²) in [6.07, 6.45) is 4.62. The molecule has 34 heavy (non-hydrogen) atoms. The number of amides is 1. The molecule has 2 aromatic rings. The lowest BCUT2D eigenvalue weighted by Gasteiger charge is -2.35. The number of hydrogen-bond donors (Lipinski definition) is 1. The van der Waals surface area contributed by atoms with Gasteiger partial charge in [0, 0.05) is 35.7 Å². The Morgan fingerprint density at radius 1 is 1.06 bits per heavy atom. The molecule has 0 spiro atoms. The van der Waals surface area contributed by atoms with E-state index in [9.17, 15) is 4.79 Å². The number of carbonyl (C=O) groups excluding carboxylic acids is 1. The Kier molecular flexibility index (Phi) is 7.20. The van der Waals surface area contributed by atoms with Gasteiger partial charge < -0.3 is 20.1 Å². The van der Waals surface area contributed by atoms with Gasteiger partial charge in [0.2, 0.25) is 0 Å². The molecule has 0 saturated heterocycles. The van der Waals surface area contributed by atoms with E-state index in [0.717, 1.165) is 35.4 Å². The van der Waals surface area contributed by atoms with E-state index >= 15 is 0 Å². The van der Waals surface area contributed by atoms with Crippen molar-refractivity contribution in [2.75, 3.05) is 27.3 Å². The molecule has 2 aromatic carbocycles. The van der Waals surface area contributed by atoms with E-state index in [2.05, 4.69) is 11.1 Å². The van der Waals surface area contributed by atoms with Gasteiger partial charge in [0.25, 0.3) is 5.91 Å². The lowest BCUT2D eigenvalue weighted by atomic mass is 9.75. The van der Waals surface area contributed by atoms with Crippen LogP contribution in [0.15, 0.2) is 46.4 Å². The first-order chi connectivity index (χ1) is 16.5. The lowest BCUT2D eigenvalue weighted by Crippen LogP contribution is -2.37. The number of methoxy groups -OCH3 is 2. The first-order valence-corrected chi connectivity index (χ1v) is 12.1. The van der Waals surface area contributed by atoms with Gasteiger partial charge >= 0.3 is 0 Å². The van der Waals surface area contributed by atoms with Crippen LogP contribution in [0.1, 0.15) is 72.5 Å². The smallest absolute Gasteiger partial charge is 0.280 e. The van der Waals surface area contributed by atoms with Crippen molar-refractivity contribution in [1.82, 2.24) is 4.90 Å². The first kappa shape index (κ1) is 23.8. The van der Waals surface area contributed by atoms with Gasteiger partial charge in [0.05, 0.1) is 26.0 Å². The van der Waals surface area contributed by atoms with Crippen molar-refractivity contribution >= 4 is 17.6 Å². The average molecular weight is 463 g/mol. The number of fused-ring (bicyclic) bond motifs is 3. The third kappa shape index (κ3) is 4.52. The number of hydrogen-bond acceptors (Lipinski definition) is 4. The summed E-state index contributed by atoms with van der Waals surface area (Å²) >= 11 is 0. The summed E-state index contributed by atoms with van der Waals surface area (Å²) in [5, 5.41) is 0. The minimum Gasteiger partial charge on any atom is -0.493 e. The maximum absolute atomic E-state index is 12.7. The normalized spacial score (nSPS) is 19.5. The molecule has 1 heterocycles. The highest BCUT2D eigenvalue weighted by molar-refractivity contribution is 6.15. The predicted octanol–water partition coefficient (Wildman–Crippen LogP) is 4.38. The molecule has 2 unspecified atom stereocenters. The van der Waals surface area contributed by atoms with Crippen molar-refractivity contribution in [2.45, 2.75) is 51.5 Å². The second kappa shape index (κ2) is 10.3. The number of ether oxygens (including phenoxy) is 2. The van der Waals surface area contributed by atoms with Crippen LogP contribution >= 0.6 is 0 Å². The van der Waals surface area contributed by atoms with E-state index in [-0.39, 0.29) is 17.9 Å². The average Bonchev–Trinajstić information content (AvgIpc) is 2.88. The van der Waals surface area contributed by atoms with Crippen LogP contribution < -0.4 is 15.2 Å². The van der Waals surface area contributed by atoms with E-state index < -0.39 is 0 Å². The zero-order valence-corrected chi connectivity index (χ0v) is 20.5. The van der Waals surface area contributed by atoms with Gasteiger partial charge in [0.1, 0.15) is 0 Å². The summed E-state index contributed by atoms with van der Waals surface area (Å²) in [4.78, 5) is 23.8. The molecular formula is C27H34N4O3. The molecule has 2 N–H and O–H groups in total. The summed E-state index contributed by atoms with van der Waals surface area (Å²) in [6, 6.07) is 11.9. The van der Waals surface area contributed by atoms with Gasteiger partial charge in [-0.3, -0.25) is 9.79 Å². The number of carbonyl (C=O) groups is 1. The van der Waals surface area contributed by atoms with Gasteiger partial charge in [-0.2, -0.15) is 4.99 Å². The Labute approximate surface area is 201 Å². The van der Waals surface area contributed by atoms with Crippen LogP contribution in [0.2, 0.25) is 0 Å². The van der Waals surface area contributed by atoms with Gasteiger partial charge in [-0.15, -0.1) is 0 Å². The van der Waals surface area contributed by atoms with Crippen molar-refractivity contribution in [1.29, 1.82) is 0 Å². The van der Waals surface area contributed by atoms with Crippen molar-refractivity contribution in [3.8, 4) is 11.5 Å². The van der Waals surface area contributed by atoms with Crippen molar-refractivity contribution in [2.24, 2.45) is 15.7 Å². The zero-order valence-electron chi connectivity index (χ0n) is 20.5. The SMILES string of the molecule is CCN(CC)C(N)=NC(=O)c1ccc(C2=NC3CCCCC3c3cc(OC)c(OC)cc32)cc1. The van der Waals surface area contributed by atoms with Gasteiger partial charge in [-0.25, -0.2) is 0 Å².